The lowest BCUT2D eigenvalue weighted by atomic mass is 9.93. The molecule has 0 fully saturated rings. The van der Waals surface area contributed by atoms with Crippen molar-refractivity contribution in [2.45, 2.75) is 6.92 Å². The number of fused-ring (bicyclic) bond motifs is 3. The molecule has 0 aromatic heterocycles. The highest BCUT2D eigenvalue weighted by Crippen LogP contribution is 2.44. The molecule has 46 heavy (non-hydrogen) atoms. The van der Waals surface area contributed by atoms with E-state index in [-0.39, 0.29) is 34.6 Å². The normalized spacial score (nSPS) is 15.1. The molecule has 2 aromatic carbocycles. The van der Waals surface area contributed by atoms with Gasteiger partial charge in [-0.25, -0.2) is 8.78 Å². The Morgan fingerprint density at radius 2 is 1.65 bits per heavy atom. The number of esters is 1. The van der Waals surface area contributed by atoms with E-state index in [9.17, 15) is 14.0 Å². The van der Waals surface area contributed by atoms with Crippen LogP contribution in [0, 0.1) is 11.6 Å². The van der Waals surface area contributed by atoms with Gasteiger partial charge in [-0.15, -0.1) is 0 Å². The Hall–Kier alpha value is -4.30. The van der Waals surface area contributed by atoms with Gasteiger partial charge in [0.2, 0.25) is 12.2 Å². The second-order valence-corrected chi connectivity index (χ2v) is 10.3. The minimum absolute atomic E-state index is 0.0815. The van der Waals surface area contributed by atoms with Crippen LogP contribution in [0.15, 0.2) is 51.7 Å². The van der Waals surface area contributed by atoms with E-state index in [0.29, 0.717) is 76.2 Å². The van der Waals surface area contributed by atoms with Gasteiger partial charge in [0.05, 0.1) is 51.9 Å². The van der Waals surface area contributed by atoms with Crippen LogP contribution in [0.4, 0.5) is 14.5 Å². The minimum Gasteiger partial charge on any atom is -0.489 e. The molecular formula is C33H35F2NO10. The Morgan fingerprint density at radius 3 is 2.39 bits per heavy atom. The molecule has 3 aliphatic rings. The first-order valence-corrected chi connectivity index (χ1v) is 14.8. The Morgan fingerprint density at radius 1 is 0.913 bits per heavy atom. The van der Waals surface area contributed by atoms with Crippen LogP contribution in [-0.2, 0) is 28.5 Å². The SMILES string of the molecule is COCCN1CCOCCOCCOCCOc2cc(-c3c4cc(F)c(=O)cc-4oc4cc(OCOC(C)=O)c(F)cc34)ccc21. The molecular weight excluding hydrogens is 608 g/mol. The largest absolute Gasteiger partial charge is 0.489 e. The first-order chi connectivity index (χ1) is 22.4. The molecule has 0 amide bonds. The van der Waals surface area contributed by atoms with Crippen LogP contribution >= 0.6 is 0 Å². The summed E-state index contributed by atoms with van der Waals surface area (Å²) in [6, 6.07) is 10.0. The maximum Gasteiger partial charge on any atom is 0.305 e. The Balaban J connectivity index is 1.63. The van der Waals surface area contributed by atoms with Crippen LogP contribution in [0.5, 0.6) is 11.5 Å². The van der Waals surface area contributed by atoms with Gasteiger partial charge in [0.25, 0.3) is 0 Å². The van der Waals surface area contributed by atoms with Gasteiger partial charge >= 0.3 is 5.97 Å². The van der Waals surface area contributed by atoms with Crippen LogP contribution in [0.25, 0.3) is 33.4 Å². The smallest absolute Gasteiger partial charge is 0.305 e. The molecule has 13 heteroatoms. The van der Waals surface area contributed by atoms with Gasteiger partial charge in [0.1, 0.15) is 23.7 Å². The number of benzene rings is 3. The molecule has 0 saturated carbocycles. The van der Waals surface area contributed by atoms with Crippen molar-refractivity contribution in [3.05, 3.63) is 64.3 Å². The van der Waals surface area contributed by atoms with Crippen LogP contribution in [0.1, 0.15) is 6.92 Å². The van der Waals surface area contributed by atoms with Gasteiger partial charge in [-0.2, -0.15) is 0 Å². The van der Waals surface area contributed by atoms with E-state index in [1.165, 1.54) is 19.1 Å². The maximum absolute atomic E-state index is 15.4. The number of carbonyl (C=O) groups excluding carboxylic acids is 1. The van der Waals surface area contributed by atoms with E-state index in [1.807, 2.05) is 12.1 Å². The summed E-state index contributed by atoms with van der Waals surface area (Å²) in [4.78, 5) is 25.5. The molecule has 246 valence electrons. The van der Waals surface area contributed by atoms with Crippen molar-refractivity contribution >= 4 is 22.6 Å². The number of ether oxygens (including phenoxy) is 7. The first-order valence-electron chi connectivity index (χ1n) is 14.8. The molecule has 5 rings (SSSR count). The molecule has 0 saturated heterocycles. The predicted molar refractivity (Wildman–Crippen MR) is 164 cm³/mol. The molecule has 0 N–H and O–H groups in total. The monoisotopic (exact) mass is 643 g/mol. The number of rotatable bonds is 7. The lowest BCUT2D eigenvalue weighted by Crippen LogP contribution is -2.31. The van der Waals surface area contributed by atoms with E-state index in [0.717, 1.165) is 17.8 Å². The fraction of sp³-hybridized carbons (Fsp3) is 0.394. The zero-order chi connectivity index (χ0) is 32.5. The Kier molecular flexibility index (Phi) is 11.4. The van der Waals surface area contributed by atoms with Crippen molar-refractivity contribution in [3.63, 3.8) is 0 Å². The Labute approximate surface area is 263 Å². The van der Waals surface area contributed by atoms with Crippen molar-refractivity contribution < 1.29 is 51.2 Å². The van der Waals surface area contributed by atoms with Gasteiger partial charge in [0.15, 0.2) is 17.4 Å². The van der Waals surface area contributed by atoms with E-state index < -0.39 is 29.8 Å². The van der Waals surface area contributed by atoms with Crippen molar-refractivity contribution in [1.82, 2.24) is 0 Å². The van der Waals surface area contributed by atoms with Gasteiger partial charge in [-0.3, -0.25) is 9.59 Å². The highest BCUT2D eigenvalue weighted by molar-refractivity contribution is 6.02. The third-order valence-electron chi connectivity index (χ3n) is 7.19. The lowest BCUT2D eigenvalue weighted by molar-refractivity contribution is -0.147. The number of methoxy groups -OCH3 is 1. The van der Waals surface area contributed by atoms with Crippen LogP contribution < -0.4 is 19.8 Å². The molecule has 2 aliphatic heterocycles. The van der Waals surface area contributed by atoms with Gasteiger partial charge in [-0.05, 0) is 29.8 Å². The number of halogens is 2. The third kappa shape index (κ3) is 8.10. The quantitative estimate of drug-likeness (QED) is 0.159. The highest BCUT2D eigenvalue weighted by atomic mass is 19.1. The van der Waals surface area contributed by atoms with Crippen molar-refractivity contribution in [1.29, 1.82) is 0 Å². The third-order valence-corrected chi connectivity index (χ3v) is 7.19. The summed E-state index contributed by atoms with van der Waals surface area (Å²) in [6.07, 6.45) is 0. The molecule has 11 nitrogen and oxygen atoms in total. The molecule has 0 radical (unpaired) electrons. The summed E-state index contributed by atoms with van der Waals surface area (Å²) in [5.41, 5.74) is 1.25. The zero-order valence-corrected chi connectivity index (χ0v) is 25.6. The lowest BCUT2D eigenvalue weighted by Gasteiger charge is -2.27. The summed E-state index contributed by atoms with van der Waals surface area (Å²) in [5.74, 6) is -2.02. The summed E-state index contributed by atoms with van der Waals surface area (Å²) in [5, 5.41) is 0.285. The highest BCUT2D eigenvalue weighted by Gasteiger charge is 2.23. The van der Waals surface area contributed by atoms with Crippen molar-refractivity contribution in [3.8, 4) is 33.9 Å². The minimum atomic E-state index is -0.984. The topological polar surface area (TPSA) is 115 Å². The average Bonchev–Trinajstić information content (AvgIpc) is 3.03. The molecule has 2 heterocycles. The maximum atomic E-state index is 15.4. The molecule has 0 unspecified atom stereocenters. The number of hydrogen-bond acceptors (Lipinski definition) is 11. The van der Waals surface area contributed by atoms with E-state index in [4.69, 9.17) is 37.6 Å². The summed E-state index contributed by atoms with van der Waals surface area (Å²) in [7, 11) is 1.62. The fourth-order valence-corrected chi connectivity index (χ4v) is 5.02. The second kappa shape index (κ2) is 15.8. The van der Waals surface area contributed by atoms with E-state index >= 15 is 4.39 Å². The first kappa shape index (κ1) is 33.1. The van der Waals surface area contributed by atoms with Crippen LogP contribution in [-0.4, -0.2) is 85.8 Å². The zero-order valence-electron chi connectivity index (χ0n) is 25.6. The van der Waals surface area contributed by atoms with E-state index in [2.05, 4.69) is 4.90 Å². The molecule has 0 spiro atoms. The molecule has 0 atom stereocenters. The van der Waals surface area contributed by atoms with Crippen LogP contribution in [0.2, 0.25) is 0 Å². The van der Waals surface area contributed by atoms with Gasteiger partial charge in [0, 0.05) is 55.8 Å². The molecule has 2 aromatic rings. The van der Waals surface area contributed by atoms with Crippen LogP contribution in [0.3, 0.4) is 0 Å². The number of anilines is 1. The van der Waals surface area contributed by atoms with Gasteiger partial charge in [-0.1, -0.05) is 6.07 Å². The standard InChI is InChI=1S/C33H35F2NO10/c1-21(37)44-20-45-31-19-30-24(17-26(31)35)33(23-16-25(34)28(38)18-29(23)46-30)22-3-4-27-32(15-22)43-14-13-42-12-11-41-10-9-40-8-6-36(27)5-7-39-2/h3-4,15-19H,5-14,20H2,1-2H3. The average molecular weight is 644 g/mol. The molecule has 0 bridgehead atoms. The molecule has 1 aliphatic carbocycles. The number of carbonyl (C=O) groups is 1. The summed E-state index contributed by atoms with van der Waals surface area (Å²) in [6.45, 7) is 4.87. The summed E-state index contributed by atoms with van der Waals surface area (Å²) < 4.78 is 74.6. The Bertz CT molecular complexity index is 1680. The van der Waals surface area contributed by atoms with E-state index in [1.54, 1.807) is 13.2 Å². The van der Waals surface area contributed by atoms with Crippen molar-refractivity contribution in [2.24, 2.45) is 0 Å². The number of hydrogen-bond donors (Lipinski definition) is 0. The summed E-state index contributed by atoms with van der Waals surface area (Å²) >= 11 is 0. The van der Waals surface area contributed by atoms with Crippen molar-refractivity contribution in [2.75, 3.05) is 84.7 Å². The predicted octanol–water partition coefficient (Wildman–Crippen LogP) is 4.64. The second-order valence-electron chi connectivity index (χ2n) is 10.3. The fourth-order valence-electron chi connectivity index (χ4n) is 5.02. The number of nitrogens with zero attached hydrogens (tertiary/aromatic N) is 1. The van der Waals surface area contributed by atoms with Gasteiger partial charge < -0.3 is 42.5 Å².